The van der Waals surface area contributed by atoms with Gasteiger partial charge in [0.25, 0.3) is 11.6 Å². The topological polar surface area (TPSA) is 96.0 Å². The monoisotopic (exact) mass is 325 g/mol. The second-order valence-electron chi connectivity index (χ2n) is 3.86. The van der Waals surface area contributed by atoms with Crippen molar-refractivity contribution in [2.75, 3.05) is 0 Å². The van der Waals surface area contributed by atoms with Gasteiger partial charge in [-0.2, -0.15) is 5.26 Å². The van der Waals surface area contributed by atoms with Crippen molar-refractivity contribution < 1.29 is 9.72 Å². The largest absolute Gasteiger partial charge is 0.348 e. The second kappa shape index (κ2) is 6.85. The predicted octanol–water partition coefficient (Wildman–Crippen LogP) is 2.78. The van der Waals surface area contributed by atoms with Crippen LogP contribution in [0.2, 0.25) is 0 Å². The number of nitro benzene ring substituents is 1. The minimum Gasteiger partial charge on any atom is -0.348 e. The highest BCUT2D eigenvalue weighted by atomic mass is 79.9. The van der Waals surface area contributed by atoms with Crippen LogP contribution in [-0.2, 0) is 0 Å². The van der Waals surface area contributed by atoms with Crippen molar-refractivity contribution in [3.05, 3.63) is 38.3 Å². The molecule has 1 atom stereocenters. The third-order valence-electron chi connectivity index (χ3n) is 2.57. The number of halogens is 1. The van der Waals surface area contributed by atoms with Gasteiger partial charge in [-0.05, 0) is 34.5 Å². The molecule has 0 aliphatic carbocycles. The number of nitro groups is 1. The van der Waals surface area contributed by atoms with E-state index < -0.39 is 10.8 Å². The van der Waals surface area contributed by atoms with Crippen LogP contribution in [0.15, 0.2) is 22.7 Å². The Labute approximate surface area is 118 Å². The summed E-state index contributed by atoms with van der Waals surface area (Å²) >= 11 is 3.05. The van der Waals surface area contributed by atoms with Crippen molar-refractivity contribution in [1.82, 2.24) is 5.32 Å². The molecule has 1 aromatic rings. The van der Waals surface area contributed by atoms with Gasteiger partial charge in [-0.1, -0.05) is 6.92 Å². The maximum Gasteiger partial charge on any atom is 0.284 e. The van der Waals surface area contributed by atoms with E-state index in [9.17, 15) is 14.9 Å². The summed E-state index contributed by atoms with van der Waals surface area (Å²) in [6.45, 7) is 1.85. The van der Waals surface area contributed by atoms with Crippen molar-refractivity contribution in [2.45, 2.75) is 25.8 Å². The molecule has 0 bridgehead atoms. The van der Waals surface area contributed by atoms with Gasteiger partial charge < -0.3 is 5.32 Å². The summed E-state index contributed by atoms with van der Waals surface area (Å²) in [5, 5.41) is 22.1. The molecule has 100 valence electrons. The van der Waals surface area contributed by atoms with Crippen LogP contribution >= 0.6 is 15.9 Å². The number of nitrogens with one attached hydrogen (secondary N) is 1. The Bertz CT molecular complexity index is 540. The summed E-state index contributed by atoms with van der Waals surface area (Å²) in [5.41, 5.74) is 0.0345. The summed E-state index contributed by atoms with van der Waals surface area (Å²) in [6.07, 6.45) is 0.832. The molecule has 6 nitrogen and oxygen atoms in total. The van der Waals surface area contributed by atoms with E-state index in [0.717, 1.165) is 0 Å². The smallest absolute Gasteiger partial charge is 0.284 e. The number of hydrogen-bond acceptors (Lipinski definition) is 4. The maximum atomic E-state index is 11.9. The lowest BCUT2D eigenvalue weighted by Gasteiger charge is -2.13. The van der Waals surface area contributed by atoms with Crippen molar-refractivity contribution in [2.24, 2.45) is 0 Å². The summed E-state index contributed by atoms with van der Waals surface area (Å²) in [7, 11) is 0. The average molecular weight is 326 g/mol. The van der Waals surface area contributed by atoms with E-state index in [1.165, 1.54) is 18.2 Å². The van der Waals surface area contributed by atoms with E-state index >= 15 is 0 Å². The second-order valence-corrected chi connectivity index (χ2v) is 4.72. The Morgan fingerprint density at radius 2 is 2.32 bits per heavy atom. The molecule has 19 heavy (non-hydrogen) atoms. The summed E-state index contributed by atoms with van der Waals surface area (Å²) < 4.78 is 0.318. The summed E-state index contributed by atoms with van der Waals surface area (Å²) in [5.74, 6) is -0.419. The first-order chi connectivity index (χ1) is 8.99. The normalized spacial score (nSPS) is 11.4. The summed E-state index contributed by atoms with van der Waals surface area (Å²) in [4.78, 5) is 22.1. The fraction of sp³-hybridized carbons (Fsp3) is 0.333. The fourth-order valence-corrected chi connectivity index (χ4v) is 1.86. The Morgan fingerprint density at radius 3 is 2.84 bits per heavy atom. The highest BCUT2D eigenvalue weighted by Gasteiger charge is 2.17. The molecule has 1 N–H and O–H groups in total. The van der Waals surface area contributed by atoms with Crippen LogP contribution < -0.4 is 5.32 Å². The molecule has 0 spiro atoms. The van der Waals surface area contributed by atoms with Crippen LogP contribution in [0.1, 0.15) is 30.1 Å². The van der Waals surface area contributed by atoms with Gasteiger partial charge in [0.1, 0.15) is 0 Å². The van der Waals surface area contributed by atoms with E-state index in [4.69, 9.17) is 5.26 Å². The Kier molecular flexibility index (Phi) is 5.45. The van der Waals surface area contributed by atoms with Crippen molar-refractivity contribution in [1.29, 1.82) is 5.26 Å². The van der Waals surface area contributed by atoms with Gasteiger partial charge in [0.15, 0.2) is 0 Å². The molecule has 0 saturated carbocycles. The number of nitrogens with zero attached hydrogens (tertiary/aromatic N) is 2. The number of nitriles is 1. The molecular formula is C12H12BrN3O3. The highest BCUT2D eigenvalue weighted by Crippen LogP contribution is 2.25. The lowest BCUT2D eigenvalue weighted by molar-refractivity contribution is -0.385. The van der Waals surface area contributed by atoms with Crippen LogP contribution in [0, 0.1) is 21.4 Å². The maximum absolute atomic E-state index is 11.9. The molecule has 0 heterocycles. The Balaban J connectivity index is 2.92. The van der Waals surface area contributed by atoms with E-state index in [2.05, 4.69) is 21.2 Å². The average Bonchev–Trinajstić information content (AvgIpc) is 2.38. The van der Waals surface area contributed by atoms with E-state index in [0.29, 0.717) is 10.9 Å². The van der Waals surface area contributed by atoms with Gasteiger partial charge in [-0.15, -0.1) is 0 Å². The predicted molar refractivity (Wildman–Crippen MR) is 72.6 cm³/mol. The zero-order valence-electron chi connectivity index (χ0n) is 10.2. The highest BCUT2D eigenvalue weighted by molar-refractivity contribution is 9.10. The molecular weight excluding hydrogens is 314 g/mol. The SMILES string of the molecule is CCC(CC#N)NC(=O)c1ccc(Br)c([N+](=O)[O-])c1. The van der Waals surface area contributed by atoms with Crippen LogP contribution in [0.25, 0.3) is 0 Å². The minimum atomic E-state index is -0.562. The molecule has 0 saturated heterocycles. The molecule has 0 aromatic heterocycles. The zero-order chi connectivity index (χ0) is 14.4. The van der Waals surface area contributed by atoms with E-state index in [1.54, 1.807) is 0 Å². The Morgan fingerprint density at radius 1 is 1.63 bits per heavy atom. The van der Waals surface area contributed by atoms with Crippen LogP contribution in [0.3, 0.4) is 0 Å². The Hall–Kier alpha value is -1.94. The van der Waals surface area contributed by atoms with Crippen LogP contribution in [-0.4, -0.2) is 16.9 Å². The molecule has 0 aliphatic heterocycles. The zero-order valence-corrected chi connectivity index (χ0v) is 11.8. The number of carbonyl (C=O) groups is 1. The third kappa shape index (κ3) is 4.03. The number of hydrogen-bond donors (Lipinski definition) is 1. The summed E-state index contributed by atoms with van der Waals surface area (Å²) in [6, 6.07) is 5.89. The number of rotatable bonds is 5. The molecule has 1 amide bonds. The van der Waals surface area contributed by atoms with Gasteiger partial charge in [-0.3, -0.25) is 14.9 Å². The standard InChI is InChI=1S/C12H12BrN3O3/c1-2-9(5-6-14)15-12(17)8-3-4-10(13)11(7-8)16(18)19/h3-4,7,9H,2,5H2,1H3,(H,15,17). The van der Waals surface area contributed by atoms with Crippen molar-refractivity contribution in [3.63, 3.8) is 0 Å². The quantitative estimate of drug-likeness (QED) is 0.665. The molecule has 0 radical (unpaired) electrons. The molecule has 1 unspecified atom stereocenters. The van der Waals surface area contributed by atoms with Crippen molar-refractivity contribution >= 4 is 27.5 Å². The first-order valence-electron chi connectivity index (χ1n) is 5.61. The first kappa shape index (κ1) is 15.1. The van der Waals surface area contributed by atoms with Gasteiger partial charge in [0, 0.05) is 17.7 Å². The molecule has 0 fully saturated rings. The third-order valence-corrected chi connectivity index (χ3v) is 3.24. The van der Waals surface area contributed by atoms with Crippen LogP contribution in [0.5, 0.6) is 0 Å². The number of amides is 1. The van der Waals surface area contributed by atoms with E-state index in [1.807, 2.05) is 13.0 Å². The van der Waals surface area contributed by atoms with Crippen molar-refractivity contribution in [3.8, 4) is 6.07 Å². The lowest BCUT2D eigenvalue weighted by Crippen LogP contribution is -2.34. The fourth-order valence-electron chi connectivity index (χ4n) is 1.47. The number of carbonyl (C=O) groups excluding carboxylic acids is 1. The number of benzene rings is 1. The van der Waals surface area contributed by atoms with Gasteiger partial charge >= 0.3 is 0 Å². The molecule has 7 heteroatoms. The lowest BCUT2D eigenvalue weighted by atomic mass is 10.1. The molecule has 0 aliphatic rings. The molecule has 1 aromatic carbocycles. The van der Waals surface area contributed by atoms with Crippen LogP contribution in [0.4, 0.5) is 5.69 Å². The first-order valence-corrected chi connectivity index (χ1v) is 6.40. The van der Waals surface area contributed by atoms with Gasteiger partial charge in [0.2, 0.25) is 0 Å². The van der Waals surface area contributed by atoms with E-state index in [-0.39, 0.29) is 23.7 Å². The minimum absolute atomic E-state index is 0.166. The van der Waals surface area contributed by atoms with Gasteiger partial charge in [-0.25, -0.2) is 0 Å². The van der Waals surface area contributed by atoms with Gasteiger partial charge in [0.05, 0.1) is 21.9 Å². The molecule has 1 rings (SSSR count).